The molecule has 0 amide bonds. The topological polar surface area (TPSA) is 51.8 Å². The van der Waals surface area contributed by atoms with Crippen LogP contribution in [0.3, 0.4) is 0 Å². The second-order valence-corrected chi connectivity index (χ2v) is 14.4. The molecule has 0 fully saturated rings. The number of nitrogens with zero attached hydrogens (tertiary/aromatic N) is 3. The van der Waals surface area contributed by atoms with Gasteiger partial charge in [-0.25, -0.2) is 15.0 Å². The highest BCUT2D eigenvalue weighted by Gasteiger charge is 2.19. The monoisotopic (exact) mass is 727 g/mol. The molecule has 0 bridgehead atoms. The number of aromatic nitrogens is 3. The van der Waals surface area contributed by atoms with Gasteiger partial charge in [0.2, 0.25) is 0 Å². The van der Waals surface area contributed by atoms with Crippen molar-refractivity contribution in [2.75, 3.05) is 0 Å². The van der Waals surface area contributed by atoms with Crippen LogP contribution in [0.4, 0.5) is 0 Å². The van der Waals surface area contributed by atoms with E-state index >= 15 is 0 Å². The third-order valence-electron chi connectivity index (χ3n) is 10.9. The Morgan fingerprint density at radius 3 is 1.46 bits per heavy atom. The average Bonchev–Trinajstić information content (AvgIpc) is 3.67. The molecule has 0 unspecified atom stereocenters. The molecule has 0 aliphatic rings. The van der Waals surface area contributed by atoms with Gasteiger partial charge >= 0.3 is 0 Å². The molecule has 0 radical (unpaired) electrons. The number of furan rings is 1. The molecule has 2 heterocycles. The zero-order valence-electron chi connectivity index (χ0n) is 30.8. The molecule has 11 rings (SSSR count). The molecule has 0 aliphatic heterocycles. The highest BCUT2D eigenvalue weighted by atomic mass is 16.3. The van der Waals surface area contributed by atoms with Crippen molar-refractivity contribution in [3.05, 3.63) is 200 Å². The Morgan fingerprint density at radius 2 is 0.754 bits per heavy atom. The molecule has 0 spiro atoms. The fourth-order valence-corrected chi connectivity index (χ4v) is 7.97. The SMILES string of the molecule is c1ccc(-c2ccc(-c3ccc4oc5c6ccccc6c(-c6nc(-c7ccccc7)nc(-c7ccc(-c8ccc9ccccc9c8)cc7)n6)cc5c4c3)cc2)cc1. The second kappa shape index (κ2) is 13.6. The van der Waals surface area contributed by atoms with Crippen LogP contribution in [0.5, 0.6) is 0 Å². The molecule has 0 N–H and O–H groups in total. The molecule has 0 saturated carbocycles. The third-order valence-corrected chi connectivity index (χ3v) is 10.9. The quantitative estimate of drug-likeness (QED) is 0.171. The summed E-state index contributed by atoms with van der Waals surface area (Å²) < 4.78 is 6.63. The van der Waals surface area contributed by atoms with Crippen molar-refractivity contribution in [1.29, 1.82) is 0 Å². The Morgan fingerprint density at radius 1 is 0.281 bits per heavy atom. The summed E-state index contributed by atoms with van der Waals surface area (Å²) in [5, 5.41) is 6.54. The fourth-order valence-electron chi connectivity index (χ4n) is 7.97. The average molecular weight is 728 g/mol. The smallest absolute Gasteiger partial charge is 0.164 e. The number of fused-ring (bicyclic) bond motifs is 6. The molecule has 57 heavy (non-hydrogen) atoms. The van der Waals surface area contributed by atoms with Gasteiger partial charge in [-0.2, -0.15) is 0 Å². The molecule has 9 aromatic carbocycles. The fraction of sp³-hybridized carbons (Fsp3) is 0. The van der Waals surface area contributed by atoms with Crippen LogP contribution in [-0.4, -0.2) is 15.0 Å². The van der Waals surface area contributed by atoms with Crippen molar-refractivity contribution in [3.63, 3.8) is 0 Å². The van der Waals surface area contributed by atoms with E-state index in [1.165, 1.54) is 27.5 Å². The van der Waals surface area contributed by atoms with Crippen molar-refractivity contribution >= 4 is 43.5 Å². The van der Waals surface area contributed by atoms with Crippen molar-refractivity contribution < 1.29 is 4.42 Å². The van der Waals surface area contributed by atoms with Gasteiger partial charge in [0.05, 0.1) is 0 Å². The Hall–Kier alpha value is -7.69. The standard InChI is InChI=1S/C53H33N3O/c1-3-11-34(12-4-1)36-19-21-38(22-20-36)43-29-30-49-46(32-43)47-33-48(44-17-9-10-18-45(44)50(47)57-49)53-55-51(39-14-5-2-6-15-39)54-52(56-53)40-26-23-37(24-27-40)42-28-25-35-13-7-8-16-41(35)31-42/h1-33H. The number of hydrogen-bond acceptors (Lipinski definition) is 4. The first kappa shape index (κ1) is 32.7. The molecule has 2 aromatic heterocycles. The normalized spacial score (nSPS) is 11.5. The summed E-state index contributed by atoms with van der Waals surface area (Å²) in [6, 6.07) is 70.0. The molecule has 4 nitrogen and oxygen atoms in total. The first-order valence-corrected chi connectivity index (χ1v) is 19.2. The number of hydrogen-bond donors (Lipinski definition) is 0. The van der Waals surface area contributed by atoms with E-state index in [2.05, 4.69) is 164 Å². The molecule has 11 aromatic rings. The maximum Gasteiger partial charge on any atom is 0.164 e. The minimum atomic E-state index is 0.609. The van der Waals surface area contributed by atoms with Crippen molar-refractivity contribution in [2.24, 2.45) is 0 Å². The highest BCUT2D eigenvalue weighted by molar-refractivity contribution is 6.19. The molecule has 0 saturated heterocycles. The summed E-state index contributed by atoms with van der Waals surface area (Å²) in [7, 11) is 0. The summed E-state index contributed by atoms with van der Waals surface area (Å²) in [6.45, 7) is 0. The highest BCUT2D eigenvalue weighted by Crippen LogP contribution is 2.41. The molecule has 266 valence electrons. The Labute approximate surface area is 329 Å². The third kappa shape index (κ3) is 5.92. The second-order valence-electron chi connectivity index (χ2n) is 14.4. The predicted octanol–water partition coefficient (Wildman–Crippen LogP) is 14.1. The van der Waals surface area contributed by atoms with Gasteiger partial charge in [-0.05, 0) is 73.8 Å². The van der Waals surface area contributed by atoms with E-state index in [1.807, 2.05) is 36.4 Å². The minimum Gasteiger partial charge on any atom is -0.455 e. The van der Waals surface area contributed by atoms with Gasteiger partial charge in [-0.3, -0.25) is 0 Å². The number of rotatable bonds is 6. The zero-order valence-corrected chi connectivity index (χ0v) is 30.8. The van der Waals surface area contributed by atoms with Gasteiger partial charge in [0.25, 0.3) is 0 Å². The van der Waals surface area contributed by atoms with Crippen LogP contribution in [0.15, 0.2) is 205 Å². The van der Waals surface area contributed by atoms with Gasteiger partial charge in [-0.1, -0.05) is 176 Å². The molecule has 0 aliphatic carbocycles. The van der Waals surface area contributed by atoms with Gasteiger partial charge in [0.1, 0.15) is 11.2 Å². The van der Waals surface area contributed by atoms with Crippen LogP contribution in [0.2, 0.25) is 0 Å². The summed E-state index contributed by atoms with van der Waals surface area (Å²) >= 11 is 0. The largest absolute Gasteiger partial charge is 0.455 e. The van der Waals surface area contributed by atoms with Crippen LogP contribution < -0.4 is 0 Å². The van der Waals surface area contributed by atoms with Crippen LogP contribution in [-0.2, 0) is 0 Å². The van der Waals surface area contributed by atoms with Crippen LogP contribution in [0.1, 0.15) is 0 Å². The van der Waals surface area contributed by atoms with Crippen molar-refractivity contribution in [2.45, 2.75) is 0 Å². The van der Waals surface area contributed by atoms with E-state index < -0.39 is 0 Å². The lowest BCUT2D eigenvalue weighted by atomic mass is 9.97. The summed E-state index contributed by atoms with van der Waals surface area (Å²) in [4.78, 5) is 15.4. The van der Waals surface area contributed by atoms with E-state index in [9.17, 15) is 0 Å². The van der Waals surface area contributed by atoms with Gasteiger partial charge in [-0.15, -0.1) is 0 Å². The zero-order chi connectivity index (χ0) is 37.7. The Bertz CT molecular complexity index is 3260. The van der Waals surface area contributed by atoms with Gasteiger partial charge < -0.3 is 4.42 Å². The first-order valence-electron chi connectivity index (χ1n) is 19.2. The van der Waals surface area contributed by atoms with E-state index in [0.717, 1.165) is 66.1 Å². The minimum absolute atomic E-state index is 0.609. The van der Waals surface area contributed by atoms with E-state index in [4.69, 9.17) is 19.4 Å². The van der Waals surface area contributed by atoms with Gasteiger partial charge in [0.15, 0.2) is 17.5 Å². The maximum absolute atomic E-state index is 6.63. The summed E-state index contributed by atoms with van der Waals surface area (Å²) in [5.41, 5.74) is 11.4. The Kier molecular flexibility index (Phi) is 7.78. The van der Waals surface area contributed by atoms with Crippen LogP contribution in [0.25, 0.3) is 111 Å². The molecular weight excluding hydrogens is 695 g/mol. The summed E-state index contributed by atoms with van der Waals surface area (Å²) in [5.74, 6) is 1.85. The lowest BCUT2D eigenvalue weighted by Gasteiger charge is -2.11. The van der Waals surface area contributed by atoms with Crippen LogP contribution in [0, 0.1) is 0 Å². The number of benzene rings is 9. The van der Waals surface area contributed by atoms with E-state index in [1.54, 1.807) is 0 Å². The lowest BCUT2D eigenvalue weighted by molar-refractivity contribution is 0.673. The lowest BCUT2D eigenvalue weighted by Crippen LogP contribution is -2.00. The maximum atomic E-state index is 6.63. The van der Waals surface area contributed by atoms with Crippen molar-refractivity contribution in [3.8, 4) is 67.5 Å². The molecule has 4 heteroatoms. The molecule has 0 atom stereocenters. The predicted molar refractivity (Wildman–Crippen MR) is 235 cm³/mol. The van der Waals surface area contributed by atoms with Gasteiger partial charge in [0, 0.05) is 32.8 Å². The van der Waals surface area contributed by atoms with E-state index in [0.29, 0.717) is 17.5 Å². The summed E-state index contributed by atoms with van der Waals surface area (Å²) in [6.07, 6.45) is 0. The van der Waals surface area contributed by atoms with E-state index in [-0.39, 0.29) is 0 Å². The molecular formula is C53H33N3O. The van der Waals surface area contributed by atoms with Crippen molar-refractivity contribution in [1.82, 2.24) is 15.0 Å². The first-order chi connectivity index (χ1) is 28.2. The van der Waals surface area contributed by atoms with Crippen LogP contribution >= 0.6 is 0 Å². The Balaban J connectivity index is 1.05.